The van der Waals surface area contributed by atoms with Gasteiger partial charge in [0.05, 0.1) is 18.5 Å². The smallest absolute Gasteiger partial charge is 0.255 e. The molecule has 1 aromatic heterocycles. The van der Waals surface area contributed by atoms with Gasteiger partial charge in [-0.1, -0.05) is 29.5 Å². The number of carbonyl (C=O) groups is 3. The summed E-state index contributed by atoms with van der Waals surface area (Å²) in [5.74, 6) is -0.935. The van der Waals surface area contributed by atoms with Crippen molar-refractivity contribution in [1.82, 2.24) is 25.2 Å². The zero-order chi connectivity index (χ0) is 22.2. The molecule has 9 nitrogen and oxygen atoms in total. The van der Waals surface area contributed by atoms with Gasteiger partial charge in [-0.2, -0.15) is 0 Å². The minimum atomic E-state index is -0.631. The molecule has 3 aromatic rings. The highest BCUT2D eigenvalue weighted by Gasteiger charge is 2.39. The van der Waals surface area contributed by atoms with E-state index in [4.69, 9.17) is 4.74 Å². The van der Waals surface area contributed by atoms with Gasteiger partial charge in [0.15, 0.2) is 0 Å². The zero-order valence-electron chi connectivity index (χ0n) is 17.4. The average molecular weight is 431 g/mol. The molecular formula is C23H21N5O4. The second kappa shape index (κ2) is 8.01. The van der Waals surface area contributed by atoms with Crippen LogP contribution >= 0.6 is 0 Å². The van der Waals surface area contributed by atoms with Gasteiger partial charge in [0, 0.05) is 31.2 Å². The van der Waals surface area contributed by atoms with Gasteiger partial charge in [-0.3, -0.25) is 19.7 Å². The minimum Gasteiger partial charge on any atom is -0.380 e. The molecular weight excluding hydrogens is 410 g/mol. The first-order valence-electron chi connectivity index (χ1n) is 10.3. The van der Waals surface area contributed by atoms with Crippen LogP contribution in [0.5, 0.6) is 0 Å². The molecule has 2 aliphatic rings. The number of aromatic nitrogens is 3. The van der Waals surface area contributed by atoms with Crippen LogP contribution in [-0.2, 0) is 27.5 Å². The summed E-state index contributed by atoms with van der Waals surface area (Å²) >= 11 is 0. The highest BCUT2D eigenvalue weighted by Crippen LogP contribution is 2.29. The van der Waals surface area contributed by atoms with Crippen LogP contribution < -0.4 is 5.32 Å². The highest BCUT2D eigenvalue weighted by atomic mass is 16.5. The normalized spacial score (nSPS) is 18.1. The van der Waals surface area contributed by atoms with Crippen molar-refractivity contribution in [3.8, 4) is 16.9 Å². The molecule has 32 heavy (non-hydrogen) atoms. The Balaban J connectivity index is 1.39. The molecule has 0 radical (unpaired) electrons. The van der Waals surface area contributed by atoms with Crippen molar-refractivity contribution in [2.45, 2.75) is 32.0 Å². The van der Waals surface area contributed by atoms with E-state index < -0.39 is 11.9 Å². The maximum absolute atomic E-state index is 13.0. The molecule has 1 unspecified atom stereocenters. The second-order valence-electron chi connectivity index (χ2n) is 7.92. The van der Waals surface area contributed by atoms with Crippen molar-refractivity contribution in [3.05, 3.63) is 65.4 Å². The van der Waals surface area contributed by atoms with E-state index in [0.717, 1.165) is 16.7 Å². The number of benzene rings is 2. The summed E-state index contributed by atoms with van der Waals surface area (Å²) in [4.78, 5) is 38.2. The Morgan fingerprint density at radius 1 is 1.16 bits per heavy atom. The SMILES string of the molecule is COCc1cccc(-c2cn(-c3ccc4c(c3)C(=O)N(C3CCC(=O)NC3=O)C4)nn2)c1. The molecule has 1 fully saturated rings. The quantitative estimate of drug-likeness (QED) is 0.618. The first kappa shape index (κ1) is 20.1. The van der Waals surface area contributed by atoms with E-state index in [1.54, 1.807) is 17.9 Å². The lowest BCUT2D eigenvalue weighted by Crippen LogP contribution is -2.52. The minimum absolute atomic E-state index is 0.219. The number of piperidine rings is 1. The second-order valence-corrected chi connectivity index (χ2v) is 7.92. The van der Waals surface area contributed by atoms with Crippen molar-refractivity contribution in [1.29, 1.82) is 0 Å². The standard InChI is InChI=1S/C23H21N5O4/c1-32-13-14-3-2-4-15(9-14)19-12-28(26-25-19)17-6-5-16-11-27(23(31)18(16)10-17)20-7-8-21(29)24-22(20)30/h2-6,9-10,12,20H,7-8,11,13H2,1H3,(H,24,29,30). The van der Waals surface area contributed by atoms with Crippen molar-refractivity contribution in [2.75, 3.05) is 7.11 Å². The van der Waals surface area contributed by atoms with Crippen LogP contribution in [0.4, 0.5) is 0 Å². The number of nitrogens with one attached hydrogen (secondary N) is 1. The number of methoxy groups -OCH3 is 1. The molecule has 9 heteroatoms. The summed E-state index contributed by atoms with van der Waals surface area (Å²) in [5, 5.41) is 10.8. The number of carbonyl (C=O) groups excluding carboxylic acids is 3. The van der Waals surface area contributed by atoms with Crippen LogP contribution in [0.15, 0.2) is 48.7 Å². The van der Waals surface area contributed by atoms with Crippen molar-refractivity contribution in [3.63, 3.8) is 0 Å². The summed E-state index contributed by atoms with van der Waals surface area (Å²) in [6, 6.07) is 12.8. The summed E-state index contributed by atoms with van der Waals surface area (Å²) in [5.41, 5.74) is 4.75. The maximum Gasteiger partial charge on any atom is 0.255 e. The van der Waals surface area contributed by atoms with Crippen molar-refractivity contribution >= 4 is 17.7 Å². The predicted octanol–water partition coefficient (Wildman–Crippen LogP) is 1.84. The van der Waals surface area contributed by atoms with E-state index in [-0.39, 0.29) is 18.2 Å². The Hall–Kier alpha value is -3.85. The van der Waals surface area contributed by atoms with Crippen molar-refractivity contribution in [2.24, 2.45) is 0 Å². The van der Waals surface area contributed by atoms with E-state index in [1.165, 1.54) is 4.90 Å². The van der Waals surface area contributed by atoms with Gasteiger partial charge in [-0.05, 0) is 35.7 Å². The number of nitrogens with zero attached hydrogens (tertiary/aromatic N) is 4. The highest BCUT2D eigenvalue weighted by molar-refractivity contribution is 6.05. The fourth-order valence-electron chi connectivity index (χ4n) is 4.19. The van der Waals surface area contributed by atoms with Gasteiger partial charge >= 0.3 is 0 Å². The molecule has 3 amide bonds. The molecule has 0 aliphatic carbocycles. The van der Waals surface area contributed by atoms with Gasteiger partial charge < -0.3 is 9.64 Å². The molecule has 2 aromatic carbocycles. The molecule has 0 bridgehead atoms. The number of ether oxygens (including phenoxy) is 1. The Morgan fingerprint density at radius 2 is 2.03 bits per heavy atom. The van der Waals surface area contributed by atoms with Gasteiger partial charge in [0.2, 0.25) is 11.8 Å². The van der Waals surface area contributed by atoms with E-state index in [2.05, 4.69) is 15.6 Å². The Bertz CT molecular complexity index is 1230. The Morgan fingerprint density at radius 3 is 2.84 bits per heavy atom. The van der Waals surface area contributed by atoms with Crippen LogP contribution in [0, 0.1) is 0 Å². The maximum atomic E-state index is 13.0. The number of amides is 3. The van der Waals surface area contributed by atoms with E-state index in [0.29, 0.717) is 36.5 Å². The predicted molar refractivity (Wildman–Crippen MR) is 114 cm³/mol. The lowest BCUT2D eigenvalue weighted by Gasteiger charge is -2.29. The third-order valence-electron chi connectivity index (χ3n) is 5.80. The molecule has 1 atom stereocenters. The van der Waals surface area contributed by atoms with Gasteiger partial charge in [0.1, 0.15) is 11.7 Å². The lowest BCUT2D eigenvalue weighted by molar-refractivity contribution is -0.136. The number of hydrogen-bond acceptors (Lipinski definition) is 6. The van der Waals surface area contributed by atoms with E-state index in [1.807, 2.05) is 42.6 Å². The molecule has 3 heterocycles. The molecule has 1 N–H and O–H groups in total. The molecule has 2 aliphatic heterocycles. The Labute approximate surface area is 184 Å². The fraction of sp³-hybridized carbons (Fsp3) is 0.261. The molecule has 0 saturated carbocycles. The fourth-order valence-corrected chi connectivity index (χ4v) is 4.19. The summed E-state index contributed by atoms with van der Waals surface area (Å²) in [6.07, 6.45) is 2.38. The molecule has 0 spiro atoms. The molecule has 162 valence electrons. The van der Waals surface area contributed by atoms with Crippen LogP contribution in [0.1, 0.15) is 34.3 Å². The monoisotopic (exact) mass is 431 g/mol. The van der Waals surface area contributed by atoms with E-state index >= 15 is 0 Å². The number of hydrogen-bond donors (Lipinski definition) is 1. The average Bonchev–Trinajstić information content (AvgIpc) is 3.40. The summed E-state index contributed by atoms with van der Waals surface area (Å²) in [7, 11) is 1.65. The third kappa shape index (κ3) is 3.56. The first-order chi connectivity index (χ1) is 15.5. The molecule has 1 saturated heterocycles. The summed E-state index contributed by atoms with van der Waals surface area (Å²) in [6.45, 7) is 0.855. The lowest BCUT2D eigenvalue weighted by atomic mass is 10.0. The largest absolute Gasteiger partial charge is 0.380 e. The summed E-state index contributed by atoms with van der Waals surface area (Å²) < 4.78 is 6.82. The number of fused-ring (bicyclic) bond motifs is 1. The van der Waals surface area contributed by atoms with Crippen molar-refractivity contribution < 1.29 is 19.1 Å². The van der Waals surface area contributed by atoms with Gasteiger partial charge in [0.25, 0.3) is 5.91 Å². The third-order valence-corrected chi connectivity index (χ3v) is 5.80. The topological polar surface area (TPSA) is 106 Å². The number of rotatable bonds is 5. The first-order valence-corrected chi connectivity index (χ1v) is 10.3. The van der Waals surface area contributed by atoms with Crippen LogP contribution in [0.3, 0.4) is 0 Å². The molecule has 5 rings (SSSR count). The zero-order valence-corrected chi connectivity index (χ0v) is 17.4. The van der Waals surface area contributed by atoms with Crippen LogP contribution in [0.25, 0.3) is 16.9 Å². The Kier molecular flexibility index (Phi) is 5.02. The number of imide groups is 1. The van der Waals surface area contributed by atoms with Gasteiger partial charge in [-0.25, -0.2) is 4.68 Å². The van der Waals surface area contributed by atoms with Crippen LogP contribution in [0.2, 0.25) is 0 Å². The van der Waals surface area contributed by atoms with Gasteiger partial charge in [-0.15, -0.1) is 5.10 Å². The van der Waals surface area contributed by atoms with E-state index in [9.17, 15) is 14.4 Å². The van der Waals surface area contributed by atoms with Crippen LogP contribution in [-0.4, -0.2) is 50.8 Å².